The fourth-order valence-corrected chi connectivity index (χ4v) is 4.58. The minimum Gasteiger partial charge on any atom is -0.352 e. The third kappa shape index (κ3) is 7.74. The van der Waals surface area contributed by atoms with E-state index < -0.39 is 6.04 Å². The second kappa shape index (κ2) is 12.4. The van der Waals surface area contributed by atoms with Crippen LogP contribution in [0.4, 0.5) is 0 Å². The van der Waals surface area contributed by atoms with E-state index in [1.54, 1.807) is 30.0 Å². The fourth-order valence-electron chi connectivity index (χ4n) is 2.93. The van der Waals surface area contributed by atoms with Gasteiger partial charge in [-0.15, -0.1) is 11.8 Å². The highest BCUT2D eigenvalue weighted by atomic mass is 35.5. The topological polar surface area (TPSA) is 49.4 Å². The van der Waals surface area contributed by atoms with E-state index in [-0.39, 0.29) is 23.6 Å². The first-order chi connectivity index (χ1) is 14.7. The average Bonchev–Trinajstić information content (AvgIpc) is 2.74. The number of carbonyl (C=O) groups is 2. The van der Waals surface area contributed by atoms with Crippen molar-refractivity contribution in [3.63, 3.8) is 0 Å². The largest absolute Gasteiger partial charge is 0.352 e. The van der Waals surface area contributed by atoms with E-state index in [9.17, 15) is 9.59 Å². The molecule has 0 radical (unpaired) electrons. The lowest BCUT2D eigenvalue weighted by atomic mass is 10.1. The lowest BCUT2D eigenvalue weighted by Gasteiger charge is -2.29. The summed E-state index contributed by atoms with van der Waals surface area (Å²) in [5.74, 6) is 0.513. The first-order valence-corrected chi connectivity index (χ1v) is 12.3. The molecule has 0 aromatic heterocycles. The minimum atomic E-state index is -0.577. The summed E-state index contributed by atoms with van der Waals surface area (Å²) in [6.07, 6.45) is 0.832. The zero-order chi connectivity index (χ0) is 23.0. The van der Waals surface area contributed by atoms with Gasteiger partial charge in [-0.25, -0.2) is 0 Å². The predicted molar refractivity (Wildman–Crippen MR) is 132 cm³/mol. The quantitative estimate of drug-likeness (QED) is 0.462. The number of thioether (sulfide) groups is 1. The maximum atomic E-state index is 13.1. The highest BCUT2D eigenvalue weighted by Crippen LogP contribution is 2.28. The van der Waals surface area contributed by atoms with Gasteiger partial charge in [-0.3, -0.25) is 9.59 Å². The van der Waals surface area contributed by atoms with Crippen LogP contribution in [-0.4, -0.2) is 34.6 Å². The maximum absolute atomic E-state index is 13.1. The Labute approximate surface area is 199 Å². The predicted octanol–water partition coefficient (Wildman–Crippen LogP) is 5.87. The van der Waals surface area contributed by atoms with Crippen LogP contribution >= 0.6 is 35.0 Å². The number of carbonyl (C=O) groups excluding carboxylic acids is 2. The Kier molecular flexibility index (Phi) is 10.2. The summed E-state index contributed by atoms with van der Waals surface area (Å²) in [5.41, 5.74) is 2.95. The molecule has 0 heterocycles. The lowest BCUT2D eigenvalue weighted by Crippen LogP contribution is -2.50. The van der Waals surface area contributed by atoms with Crippen molar-refractivity contribution in [2.75, 3.05) is 5.75 Å². The van der Waals surface area contributed by atoms with Gasteiger partial charge in [0.25, 0.3) is 0 Å². The van der Waals surface area contributed by atoms with Crippen molar-refractivity contribution in [3.05, 3.63) is 69.2 Å². The Morgan fingerprint density at radius 2 is 1.68 bits per heavy atom. The van der Waals surface area contributed by atoms with Gasteiger partial charge in [0.05, 0.1) is 5.75 Å². The minimum absolute atomic E-state index is 0.0583. The molecule has 168 valence electrons. The van der Waals surface area contributed by atoms with Crippen LogP contribution in [0.3, 0.4) is 0 Å². The first kappa shape index (κ1) is 25.6. The average molecular weight is 481 g/mol. The van der Waals surface area contributed by atoms with Crippen molar-refractivity contribution < 1.29 is 9.59 Å². The van der Waals surface area contributed by atoms with Crippen molar-refractivity contribution >= 4 is 46.8 Å². The molecular weight excluding hydrogens is 451 g/mol. The van der Waals surface area contributed by atoms with Crippen LogP contribution in [0.1, 0.15) is 43.9 Å². The zero-order valence-corrected chi connectivity index (χ0v) is 20.8. The number of aryl methyl sites for hydroxylation is 1. The number of hydrogen-bond donors (Lipinski definition) is 1. The summed E-state index contributed by atoms with van der Waals surface area (Å²) in [7, 11) is 0. The summed E-state index contributed by atoms with van der Waals surface area (Å²) in [6, 6.07) is 12.9. The van der Waals surface area contributed by atoms with Crippen molar-refractivity contribution in [2.24, 2.45) is 0 Å². The molecule has 0 spiro atoms. The molecule has 2 amide bonds. The van der Waals surface area contributed by atoms with Gasteiger partial charge in [-0.05, 0) is 50.5 Å². The summed E-state index contributed by atoms with van der Waals surface area (Å²) < 4.78 is 0. The van der Waals surface area contributed by atoms with Crippen LogP contribution in [0.2, 0.25) is 10.0 Å². The molecule has 0 saturated carbocycles. The number of nitrogens with zero attached hydrogens (tertiary/aromatic N) is 1. The van der Waals surface area contributed by atoms with Gasteiger partial charge < -0.3 is 10.2 Å². The molecule has 4 nitrogen and oxygen atoms in total. The molecule has 0 aliphatic carbocycles. The standard InChI is InChI=1S/C24H30Cl2N2O2S/c1-5-17(3)27-24(30)18(4)28(13-19-11-9-16(2)10-12-19)23(29)15-31-14-20-21(25)7-6-8-22(20)26/h6-12,17-18H,5,13-15H2,1-4H3,(H,27,30)/t17-,18-/m0/s1. The second-order valence-corrected chi connectivity index (χ2v) is 9.49. The number of rotatable bonds is 10. The molecule has 2 rings (SSSR count). The number of halogens is 2. The van der Waals surface area contributed by atoms with Gasteiger partial charge in [-0.1, -0.05) is 66.0 Å². The third-order valence-electron chi connectivity index (χ3n) is 5.18. The highest BCUT2D eigenvalue weighted by Gasteiger charge is 2.26. The fraction of sp³-hybridized carbons (Fsp3) is 0.417. The third-order valence-corrected chi connectivity index (χ3v) is 6.83. The summed E-state index contributed by atoms with van der Waals surface area (Å²) in [6.45, 7) is 8.15. The molecule has 0 aliphatic heterocycles. The van der Waals surface area contributed by atoms with Crippen molar-refractivity contribution in [2.45, 2.75) is 58.5 Å². The molecule has 0 aliphatic rings. The molecule has 0 unspecified atom stereocenters. The number of hydrogen-bond acceptors (Lipinski definition) is 3. The monoisotopic (exact) mass is 480 g/mol. The molecule has 0 bridgehead atoms. The highest BCUT2D eigenvalue weighted by molar-refractivity contribution is 7.99. The van der Waals surface area contributed by atoms with Crippen molar-refractivity contribution in [1.29, 1.82) is 0 Å². The molecule has 7 heteroatoms. The second-order valence-electron chi connectivity index (χ2n) is 7.69. The van der Waals surface area contributed by atoms with Crippen LogP contribution in [0.5, 0.6) is 0 Å². The molecule has 31 heavy (non-hydrogen) atoms. The maximum Gasteiger partial charge on any atom is 0.242 e. The van der Waals surface area contributed by atoms with E-state index in [0.717, 1.165) is 23.1 Å². The number of nitrogens with one attached hydrogen (secondary N) is 1. The van der Waals surface area contributed by atoms with Crippen LogP contribution in [0.15, 0.2) is 42.5 Å². The smallest absolute Gasteiger partial charge is 0.242 e. The molecule has 0 fully saturated rings. The molecule has 2 aromatic carbocycles. The van der Waals surface area contributed by atoms with Gasteiger partial charge >= 0.3 is 0 Å². The van der Waals surface area contributed by atoms with Crippen molar-refractivity contribution in [1.82, 2.24) is 10.2 Å². The van der Waals surface area contributed by atoms with E-state index in [0.29, 0.717) is 22.3 Å². The lowest BCUT2D eigenvalue weighted by molar-refractivity contribution is -0.138. The van der Waals surface area contributed by atoms with E-state index in [2.05, 4.69) is 5.32 Å². The van der Waals surface area contributed by atoms with Crippen LogP contribution in [-0.2, 0) is 21.9 Å². The Bertz CT molecular complexity index is 869. The normalized spacial score (nSPS) is 12.8. The number of amides is 2. The molecule has 2 aromatic rings. The Morgan fingerprint density at radius 1 is 1.06 bits per heavy atom. The number of benzene rings is 2. The molecule has 2 atom stereocenters. The summed E-state index contributed by atoms with van der Waals surface area (Å²) in [4.78, 5) is 27.5. The Hall–Kier alpha value is -1.69. The first-order valence-electron chi connectivity index (χ1n) is 10.4. The van der Waals surface area contributed by atoms with E-state index in [4.69, 9.17) is 23.2 Å². The summed E-state index contributed by atoms with van der Waals surface area (Å²) >= 11 is 13.9. The van der Waals surface area contributed by atoms with Gasteiger partial charge in [0.2, 0.25) is 11.8 Å². The summed E-state index contributed by atoms with van der Waals surface area (Å²) in [5, 5.41) is 4.16. The van der Waals surface area contributed by atoms with Crippen molar-refractivity contribution in [3.8, 4) is 0 Å². The van der Waals surface area contributed by atoms with E-state index in [1.807, 2.05) is 45.0 Å². The molecule has 0 saturated heterocycles. The van der Waals surface area contributed by atoms with Gasteiger partial charge in [0.1, 0.15) is 6.04 Å². The van der Waals surface area contributed by atoms with Crippen LogP contribution in [0.25, 0.3) is 0 Å². The SMILES string of the molecule is CC[C@H](C)NC(=O)[C@H](C)N(Cc1ccc(C)cc1)C(=O)CSCc1c(Cl)cccc1Cl. The molecular formula is C24H30Cl2N2O2S. The Balaban J connectivity index is 2.11. The zero-order valence-electron chi connectivity index (χ0n) is 18.5. The van der Waals surface area contributed by atoms with Crippen LogP contribution < -0.4 is 5.32 Å². The van der Waals surface area contributed by atoms with Crippen LogP contribution in [0, 0.1) is 6.92 Å². The van der Waals surface area contributed by atoms with Gasteiger partial charge in [0.15, 0.2) is 0 Å². The van der Waals surface area contributed by atoms with E-state index in [1.165, 1.54) is 11.8 Å². The molecule has 1 N–H and O–H groups in total. The van der Waals surface area contributed by atoms with E-state index >= 15 is 0 Å². The van der Waals surface area contributed by atoms with Gasteiger partial charge in [0, 0.05) is 28.4 Å². The Morgan fingerprint density at radius 3 is 2.26 bits per heavy atom. The van der Waals surface area contributed by atoms with Gasteiger partial charge in [-0.2, -0.15) is 0 Å².